The Labute approximate surface area is 130 Å². The van der Waals surface area contributed by atoms with Crippen LogP contribution in [-0.2, 0) is 11.3 Å². The number of likely N-dealkylation sites (tertiary alicyclic amines) is 1. The molecule has 22 heavy (non-hydrogen) atoms. The Balaban J connectivity index is 1.78. The van der Waals surface area contributed by atoms with Gasteiger partial charge >= 0.3 is 0 Å². The molecule has 0 aliphatic carbocycles. The number of hydrogen-bond donors (Lipinski definition) is 0. The molecule has 0 aromatic carbocycles. The number of hydrogen-bond acceptors (Lipinski definition) is 4. The van der Waals surface area contributed by atoms with Crippen molar-refractivity contribution < 1.29 is 4.79 Å². The highest BCUT2D eigenvalue weighted by molar-refractivity contribution is 5.76. The van der Waals surface area contributed by atoms with Crippen LogP contribution in [0.3, 0.4) is 0 Å². The lowest BCUT2D eigenvalue weighted by Gasteiger charge is -2.26. The summed E-state index contributed by atoms with van der Waals surface area (Å²) in [5, 5.41) is 4.12. The second-order valence-corrected chi connectivity index (χ2v) is 5.79. The van der Waals surface area contributed by atoms with E-state index in [4.69, 9.17) is 0 Å². The molecule has 0 bridgehead atoms. The van der Waals surface area contributed by atoms with Crippen molar-refractivity contribution in [2.75, 3.05) is 25.5 Å². The first-order chi connectivity index (χ1) is 10.6. The Morgan fingerprint density at radius 3 is 3.00 bits per heavy atom. The van der Waals surface area contributed by atoms with Crippen LogP contribution in [0.2, 0.25) is 0 Å². The van der Waals surface area contributed by atoms with Crippen molar-refractivity contribution in [2.24, 2.45) is 0 Å². The molecular weight excluding hydrogens is 278 g/mol. The first-order valence-corrected chi connectivity index (χ1v) is 7.55. The summed E-state index contributed by atoms with van der Waals surface area (Å²) < 4.78 is 1.68. The van der Waals surface area contributed by atoms with Crippen LogP contribution in [0.5, 0.6) is 0 Å². The summed E-state index contributed by atoms with van der Waals surface area (Å²) in [5.74, 6) is 1.04. The number of rotatable bonds is 4. The van der Waals surface area contributed by atoms with E-state index in [-0.39, 0.29) is 11.9 Å². The minimum atomic E-state index is 0.120. The maximum absolute atomic E-state index is 12.6. The summed E-state index contributed by atoms with van der Waals surface area (Å²) in [6, 6.07) is 6.06. The van der Waals surface area contributed by atoms with Gasteiger partial charge in [-0.05, 0) is 36.6 Å². The van der Waals surface area contributed by atoms with Crippen molar-refractivity contribution in [1.82, 2.24) is 19.7 Å². The minimum absolute atomic E-state index is 0.120. The van der Waals surface area contributed by atoms with Crippen LogP contribution in [0.25, 0.3) is 0 Å². The van der Waals surface area contributed by atoms with E-state index in [0.29, 0.717) is 6.54 Å². The van der Waals surface area contributed by atoms with Gasteiger partial charge in [0.1, 0.15) is 12.4 Å². The summed E-state index contributed by atoms with van der Waals surface area (Å²) in [6.45, 7) is 1.11. The zero-order chi connectivity index (χ0) is 15.5. The lowest BCUT2D eigenvalue weighted by atomic mass is 10.1. The minimum Gasteiger partial charge on any atom is -0.363 e. The molecule has 1 aliphatic heterocycles. The molecule has 116 valence electrons. The number of carbonyl (C=O) groups is 1. The normalized spacial score (nSPS) is 17.7. The van der Waals surface area contributed by atoms with Crippen molar-refractivity contribution in [1.29, 1.82) is 0 Å². The van der Waals surface area contributed by atoms with Gasteiger partial charge in [0.2, 0.25) is 5.91 Å². The molecule has 6 nitrogen and oxygen atoms in total. The molecule has 6 heteroatoms. The summed E-state index contributed by atoms with van der Waals surface area (Å²) in [6.07, 6.45) is 7.37. The van der Waals surface area contributed by atoms with Gasteiger partial charge in [0.15, 0.2) is 0 Å². The standard InChI is InChI=1S/C16H21N5O/c1-19(2)15-11-13(6-8-17-15)14-5-3-10-21(14)16(22)12-20-9-4-7-18-20/h4,6-9,11,14H,3,5,10,12H2,1-2H3/t14-/m1/s1. The summed E-state index contributed by atoms with van der Waals surface area (Å²) in [4.78, 5) is 20.9. The highest BCUT2D eigenvalue weighted by Gasteiger charge is 2.30. The maximum atomic E-state index is 12.6. The molecule has 0 saturated carbocycles. The SMILES string of the molecule is CN(C)c1cc([C@H]2CCCN2C(=O)Cn2cccn2)ccn1. The van der Waals surface area contributed by atoms with Crippen molar-refractivity contribution in [2.45, 2.75) is 25.4 Å². The molecule has 0 spiro atoms. The highest BCUT2D eigenvalue weighted by Crippen LogP contribution is 2.33. The Morgan fingerprint density at radius 1 is 1.41 bits per heavy atom. The van der Waals surface area contributed by atoms with Crippen LogP contribution >= 0.6 is 0 Å². The Hall–Kier alpha value is -2.37. The Kier molecular flexibility index (Phi) is 4.09. The van der Waals surface area contributed by atoms with E-state index < -0.39 is 0 Å². The fraction of sp³-hybridized carbons (Fsp3) is 0.438. The number of amides is 1. The van der Waals surface area contributed by atoms with Crippen molar-refractivity contribution >= 4 is 11.7 Å². The Morgan fingerprint density at radius 2 is 2.27 bits per heavy atom. The molecule has 2 aromatic heterocycles. The third kappa shape index (κ3) is 2.95. The number of nitrogens with zero attached hydrogens (tertiary/aromatic N) is 5. The van der Waals surface area contributed by atoms with Crippen LogP contribution in [0.1, 0.15) is 24.4 Å². The molecule has 3 heterocycles. The van der Waals surface area contributed by atoms with Gasteiger partial charge in [0.05, 0.1) is 6.04 Å². The molecule has 1 amide bonds. The smallest absolute Gasteiger partial charge is 0.244 e. The lowest BCUT2D eigenvalue weighted by molar-refractivity contribution is -0.133. The number of pyridine rings is 1. The predicted octanol–water partition coefficient (Wildman–Crippen LogP) is 1.71. The number of aromatic nitrogens is 3. The first kappa shape index (κ1) is 14.6. The van der Waals surface area contributed by atoms with E-state index in [1.807, 2.05) is 48.4 Å². The van der Waals surface area contributed by atoms with Crippen LogP contribution in [0, 0.1) is 0 Å². The molecule has 0 unspecified atom stereocenters. The van der Waals surface area contributed by atoms with E-state index in [1.54, 1.807) is 10.9 Å². The third-order valence-electron chi connectivity index (χ3n) is 4.04. The molecule has 2 aromatic rings. The largest absolute Gasteiger partial charge is 0.363 e. The average Bonchev–Trinajstić information content (AvgIpc) is 3.18. The molecule has 1 aliphatic rings. The van der Waals surface area contributed by atoms with Crippen molar-refractivity contribution in [3.05, 3.63) is 42.4 Å². The lowest BCUT2D eigenvalue weighted by Crippen LogP contribution is -2.33. The third-order valence-corrected chi connectivity index (χ3v) is 4.04. The van der Waals surface area contributed by atoms with Gasteiger partial charge in [0, 0.05) is 39.2 Å². The summed E-state index contributed by atoms with van der Waals surface area (Å²) >= 11 is 0. The second-order valence-electron chi connectivity index (χ2n) is 5.79. The molecule has 1 saturated heterocycles. The first-order valence-electron chi connectivity index (χ1n) is 7.55. The second kappa shape index (κ2) is 6.17. The maximum Gasteiger partial charge on any atom is 0.244 e. The zero-order valence-electron chi connectivity index (χ0n) is 13.0. The van der Waals surface area contributed by atoms with Gasteiger partial charge in [-0.2, -0.15) is 5.10 Å². The van der Waals surface area contributed by atoms with E-state index in [1.165, 1.54) is 0 Å². The predicted molar refractivity (Wildman–Crippen MR) is 84.5 cm³/mol. The molecule has 1 fully saturated rings. The van der Waals surface area contributed by atoms with E-state index in [9.17, 15) is 4.79 Å². The van der Waals surface area contributed by atoms with Crippen LogP contribution in [-0.4, -0.2) is 46.2 Å². The summed E-state index contributed by atoms with van der Waals surface area (Å²) in [5.41, 5.74) is 1.16. The quantitative estimate of drug-likeness (QED) is 0.862. The van der Waals surface area contributed by atoms with Gasteiger partial charge < -0.3 is 9.80 Å². The van der Waals surface area contributed by atoms with E-state index >= 15 is 0 Å². The summed E-state index contributed by atoms with van der Waals surface area (Å²) in [7, 11) is 3.95. The van der Waals surface area contributed by atoms with Crippen LogP contribution in [0.4, 0.5) is 5.82 Å². The molecule has 1 atom stereocenters. The van der Waals surface area contributed by atoms with Gasteiger partial charge in [0.25, 0.3) is 0 Å². The van der Waals surface area contributed by atoms with E-state index in [2.05, 4.69) is 16.1 Å². The highest BCUT2D eigenvalue weighted by atomic mass is 16.2. The molecule has 0 radical (unpaired) electrons. The molecule has 3 rings (SSSR count). The van der Waals surface area contributed by atoms with Gasteiger partial charge in [-0.15, -0.1) is 0 Å². The van der Waals surface area contributed by atoms with Crippen LogP contribution < -0.4 is 4.90 Å². The van der Waals surface area contributed by atoms with Gasteiger partial charge in [-0.3, -0.25) is 9.48 Å². The zero-order valence-corrected chi connectivity index (χ0v) is 13.0. The average molecular weight is 299 g/mol. The van der Waals surface area contributed by atoms with Crippen LogP contribution in [0.15, 0.2) is 36.8 Å². The molecule has 0 N–H and O–H groups in total. The number of carbonyl (C=O) groups excluding carboxylic acids is 1. The van der Waals surface area contributed by atoms with Crippen molar-refractivity contribution in [3.8, 4) is 0 Å². The monoisotopic (exact) mass is 299 g/mol. The van der Waals surface area contributed by atoms with Crippen molar-refractivity contribution in [3.63, 3.8) is 0 Å². The van der Waals surface area contributed by atoms with E-state index in [0.717, 1.165) is 30.8 Å². The number of anilines is 1. The Bertz CT molecular complexity index is 638. The topological polar surface area (TPSA) is 54.3 Å². The van der Waals surface area contributed by atoms with Gasteiger partial charge in [-0.25, -0.2) is 4.98 Å². The fourth-order valence-corrected chi connectivity index (χ4v) is 2.92. The molecular formula is C16H21N5O. The fourth-order valence-electron chi connectivity index (χ4n) is 2.92. The van der Waals surface area contributed by atoms with Gasteiger partial charge in [-0.1, -0.05) is 0 Å².